The number of amides is 1. The lowest BCUT2D eigenvalue weighted by Crippen LogP contribution is -2.44. The second kappa shape index (κ2) is 9.94. The van der Waals surface area contributed by atoms with Crippen LogP contribution in [-0.2, 0) is 0 Å². The zero-order valence-electron chi connectivity index (χ0n) is 16.0. The Morgan fingerprint density at radius 2 is 1.67 bits per heavy atom. The van der Waals surface area contributed by atoms with E-state index < -0.39 is 0 Å². The maximum absolute atomic E-state index is 12.8. The van der Waals surface area contributed by atoms with Crippen molar-refractivity contribution in [1.82, 2.24) is 15.2 Å². The van der Waals surface area contributed by atoms with E-state index in [4.69, 9.17) is 0 Å². The van der Waals surface area contributed by atoms with Crippen LogP contribution in [0.1, 0.15) is 55.3 Å². The smallest absolute Gasteiger partial charge is 0.255 e. The highest BCUT2D eigenvalue weighted by atomic mass is 35.5. The van der Waals surface area contributed by atoms with Crippen molar-refractivity contribution in [3.05, 3.63) is 23.9 Å². The fourth-order valence-corrected chi connectivity index (χ4v) is 4.59. The molecule has 1 N–H and O–H groups in total. The molecule has 1 amide bonds. The van der Waals surface area contributed by atoms with Crippen LogP contribution in [0, 0.1) is 5.41 Å². The molecule has 3 saturated heterocycles. The van der Waals surface area contributed by atoms with E-state index in [1.54, 1.807) is 6.20 Å². The number of pyridine rings is 1. The van der Waals surface area contributed by atoms with Gasteiger partial charge in [-0.15, -0.1) is 24.8 Å². The summed E-state index contributed by atoms with van der Waals surface area (Å²) in [5, 5.41) is 3.48. The molecule has 4 heterocycles. The minimum absolute atomic E-state index is 0. The summed E-state index contributed by atoms with van der Waals surface area (Å²) in [6.45, 7) is 6.20. The summed E-state index contributed by atoms with van der Waals surface area (Å²) in [7, 11) is 0. The quantitative estimate of drug-likeness (QED) is 0.803. The van der Waals surface area contributed by atoms with Crippen LogP contribution in [0.2, 0.25) is 0 Å². The number of rotatable bonds is 2. The molecule has 7 heteroatoms. The van der Waals surface area contributed by atoms with Crippen LogP contribution in [0.3, 0.4) is 0 Å². The number of nitrogens with one attached hydrogen (secondary N) is 1. The molecule has 1 spiro atoms. The van der Waals surface area contributed by atoms with Crippen molar-refractivity contribution in [3.8, 4) is 0 Å². The van der Waals surface area contributed by atoms with E-state index in [-0.39, 0.29) is 30.7 Å². The van der Waals surface area contributed by atoms with Gasteiger partial charge in [0, 0.05) is 38.9 Å². The predicted molar refractivity (Wildman–Crippen MR) is 114 cm³/mol. The molecule has 5 nitrogen and oxygen atoms in total. The van der Waals surface area contributed by atoms with Crippen LogP contribution in [0.5, 0.6) is 0 Å². The Morgan fingerprint density at radius 3 is 2.22 bits per heavy atom. The molecule has 152 valence electrons. The number of hydrogen-bond acceptors (Lipinski definition) is 4. The third-order valence-electron chi connectivity index (χ3n) is 6.37. The molecular weight excluding hydrogens is 383 g/mol. The molecule has 0 aromatic carbocycles. The summed E-state index contributed by atoms with van der Waals surface area (Å²) >= 11 is 0. The van der Waals surface area contributed by atoms with E-state index in [1.807, 2.05) is 17.0 Å². The molecule has 4 rings (SSSR count). The van der Waals surface area contributed by atoms with Gasteiger partial charge in [0.15, 0.2) is 0 Å². The van der Waals surface area contributed by atoms with Crippen LogP contribution < -0.4 is 10.2 Å². The van der Waals surface area contributed by atoms with Gasteiger partial charge < -0.3 is 15.1 Å². The standard InChI is InChI=1S/C20H30N4O.2ClH/c25-19(24-13-8-20(9-14-24)7-10-21-16-20)17-5-6-18(22-15-17)23-11-3-1-2-4-12-23;;/h5-6,15,21H,1-4,7-14,16H2;2*1H. The van der Waals surface area contributed by atoms with E-state index >= 15 is 0 Å². The lowest BCUT2D eigenvalue weighted by Gasteiger charge is -2.38. The van der Waals surface area contributed by atoms with E-state index in [1.165, 1.54) is 32.1 Å². The van der Waals surface area contributed by atoms with Gasteiger partial charge in [-0.2, -0.15) is 0 Å². The maximum Gasteiger partial charge on any atom is 0.255 e. The summed E-state index contributed by atoms with van der Waals surface area (Å²) in [4.78, 5) is 21.8. The maximum atomic E-state index is 12.8. The normalized spacial score (nSPS) is 21.9. The van der Waals surface area contributed by atoms with Crippen LogP contribution in [-0.4, -0.2) is 55.1 Å². The molecule has 0 aliphatic carbocycles. The lowest BCUT2D eigenvalue weighted by atomic mass is 9.78. The summed E-state index contributed by atoms with van der Waals surface area (Å²) in [6.07, 6.45) is 10.4. The Morgan fingerprint density at radius 1 is 0.963 bits per heavy atom. The number of carbonyl (C=O) groups is 1. The Labute approximate surface area is 175 Å². The first-order chi connectivity index (χ1) is 12.3. The first kappa shape index (κ1) is 22.3. The Hall–Kier alpha value is -1.04. The number of aromatic nitrogens is 1. The number of likely N-dealkylation sites (tertiary alicyclic amines) is 1. The number of hydrogen-bond donors (Lipinski definition) is 1. The monoisotopic (exact) mass is 414 g/mol. The van der Waals surface area contributed by atoms with Gasteiger partial charge in [-0.1, -0.05) is 12.8 Å². The first-order valence-electron chi connectivity index (χ1n) is 9.97. The number of halogens is 2. The zero-order chi connectivity index (χ0) is 17.1. The molecule has 3 aliphatic heterocycles. The number of piperidine rings is 1. The van der Waals surface area contributed by atoms with Crippen molar-refractivity contribution in [2.24, 2.45) is 5.41 Å². The first-order valence-corrected chi connectivity index (χ1v) is 9.97. The Balaban J connectivity index is 0.00000131. The number of carbonyl (C=O) groups excluding carboxylic acids is 1. The average molecular weight is 415 g/mol. The van der Waals surface area contributed by atoms with Crippen LogP contribution in [0.25, 0.3) is 0 Å². The van der Waals surface area contributed by atoms with Crippen LogP contribution in [0.15, 0.2) is 18.3 Å². The molecule has 0 bridgehead atoms. The topological polar surface area (TPSA) is 48.5 Å². The molecule has 0 saturated carbocycles. The second-order valence-electron chi connectivity index (χ2n) is 8.03. The highest BCUT2D eigenvalue weighted by Crippen LogP contribution is 2.37. The summed E-state index contributed by atoms with van der Waals surface area (Å²) in [5.41, 5.74) is 1.19. The highest BCUT2D eigenvalue weighted by Gasteiger charge is 2.38. The Kier molecular flexibility index (Phi) is 8.20. The SMILES string of the molecule is Cl.Cl.O=C(c1ccc(N2CCCCCC2)nc1)N1CCC2(CCNC2)CC1. The molecule has 0 atom stereocenters. The van der Waals surface area contributed by atoms with Crippen molar-refractivity contribution in [2.75, 3.05) is 44.2 Å². The van der Waals surface area contributed by atoms with Gasteiger partial charge in [0.2, 0.25) is 0 Å². The molecule has 1 aromatic heterocycles. The molecule has 0 radical (unpaired) electrons. The van der Waals surface area contributed by atoms with Gasteiger partial charge in [0.05, 0.1) is 5.56 Å². The number of nitrogens with zero attached hydrogens (tertiary/aromatic N) is 3. The third kappa shape index (κ3) is 5.07. The van der Waals surface area contributed by atoms with E-state index in [0.717, 1.165) is 63.5 Å². The molecule has 27 heavy (non-hydrogen) atoms. The molecule has 0 unspecified atom stereocenters. The fraction of sp³-hybridized carbons (Fsp3) is 0.700. The number of anilines is 1. The van der Waals surface area contributed by atoms with Crippen LogP contribution in [0.4, 0.5) is 5.82 Å². The minimum atomic E-state index is 0. The third-order valence-corrected chi connectivity index (χ3v) is 6.37. The van der Waals surface area contributed by atoms with Crippen molar-refractivity contribution in [1.29, 1.82) is 0 Å². The van der Waals surface area contributed by atoms with Gasteiger partial charge in [-0.25, -0.2) is 4.98 Å². The van der Waals surface area contributed by atoms with Crippen LogP contribution >= 0.6 is 24.8 Å². The summed E-state index contributed by atoms with van der Waals surface area (Å²) < 4.78 is 0. The molecular formula is C20H32Cl2N4O. The van der Waals surface area contributed by atoms with Gasteiger partial charge in [-0.3, -0.25) is 4.79 Å². The van der Waals surface area contributed by atoms with E-state index in [2.05, 4.69) is 15.2 Å². The largest absolute Gasteiger partial charge is 0.357 e. The predicted octanol–water partition coefficient (Wildman–Crippen LogP) is 3.52. The lowest BCUT2D eigenvalue weighted by molar-refractivity contribution is 0.0607. The van der Waals surface area contributed by atoms with Gasteiger partial charge >= 0.3 is 0 Å². The minimum Gasteiger partial charge on any atom is -0.357 e. The molecule has 3 fully saturated rings. The summed E-state index contributed by atoms with van der Waals surface area (Å²) in [5.74, 6) is 1.17. The molecule has 3 aliphatic rings. The Bertz CT molecular complexity index is 587. The fourth-order valence-electron chi connectivity index (χ4n) is 4.59. The van der Waals surface area contributed by atoms with E-state index in [9.17, 15) is 4.79 Å². The zero-order valence-corrected chi connectivity index (χ0v) is 17.6. The van der Waals surface area contributed by atoms with Crippen molar-refractivity contribution < 1.29 is 4.79 Å². The van der Waals surface area contributed by atoms with E-state index in [0.29, 0.717) is 5.41 Å². The molecule has 1 aromatic rings. The summed E-state index contributed by atoms with van der Waals surface area (Å²) in [6, 6.07) is 4.00. The van der Waals surface area contributed by atoms with Crippen molar-refractivity contribution >= 4 is 36.5 Å². The van der Waals surface area contributed by atoms with Crippen molar-refractivity contribution in [3.63, 3.8) is 0 Å². The van der Waals surface area contributed by atoms with Gasteiger partial charge in [0.1, 0.15) is 5.82 Å². The van der Waals surface area contributed by atoms with Gasteiger partial charge in [0.25, 0.3) is 5.91 Å². The second-order valence-corrected chi connectivity index (χ2v) is 8.03. The average Bonchev–Trinajstić information content (AvgIpc) is 2.94. The van der Waals surface area contributed by atoms with Crippen molar-refractivity contribution in [2.45, 2.75) is 44.9 Å². The van der Waals surface area contributed by atoms with Gasteiger partial charge in [-0.05, 0) is 56.2 Å². The highest BCUT2D eigenvalue weighted by molar-refractivity contribution is 5.94.